The zero-order valence-corrected chi connectivity index (χ0v) is 12.8. The number of rotatable bonds is 2. The Morgan fingerprint density at radius 2 is 1.64 bits per heavy atom. The molecule has 2 heterocycles. The molecule has 1 aliphatic heterocycles. The monoisotopic (exact) mass is 343 g/mol. The van der Waals surface area contributed by atoms with Crippen molar-refractivity contribution in [3.05, 3.63) is 65.7 Å². The van der Waals surface area contributed by atoms with Crippen LogP contribution in [0.2, 0.25) is 0 Å². The molecule has 0 amide bonds. The van der Waals surface area contributed by atoms with Gasteiger partial charge in [-0.05, 0) is 17.7 Å². The van der Waals surface area contributed by atoms with Crippen molar-refractivity contribution < 1.29 is 13.2 Å². The fraction of sp³-hybridized carbons (Fsp3) is 0.118. The van der Waals surface area contributed by atoms with Crippen molar-refractivity contribution in [2.75, 3.05) is 5.43 Å². The first-order valence-electron chi connectivity index (χ1n) is 7.51. The Labute approximate surface area is 140 Å². The number of nitrogens with one attached hydrogen (secondary N) is 1. The number of alkyl halides is 3. The fourth-order valence-corrected chi connectivity index (χ4v) is 2.55. The van der Waals surface area contributed by atoms with E-state index in [0.717, 1.165) is 23.4 Å². The molecule has 1 N–H and O–H groups in total. The minimum Gasteiger partial charge on any atom is -0.245 e. The van der Waals surface area contributed by atoms with Crippen LogP contribution in [0.4, 0.5) is 19.1 Å². The highest BCUT2D eigenvalue weighted by atomic mass is 19.4. The lowest BCUT2D eigenvalue weighted by Gasteiger charge is -2.13. The number of halogens is 3. The van der Waals surface area contributed by atoms with Gasteiger partial charge in [0.15, 0.2) is 5.82 Å². The lowest BCUT2D eigenvalue weighted by Crippen LogP contribution is -2.21. The molecule has 25 heavy (non-hydrogen) atoms. The maximum atomic E-state index is 12.7. The van der Waals surface area contributed by atoms with Crippen LogP contribution >= 0.6 is 0 Å². The standard InChI is InChI=1S/C17H12F3N5/c18-17(19,20)13-8-6-12(7-9-13)15-21-16-23-22-14(10-25(16)24-15)11-4-2-1-3-5-11/h1-9H,10H2,(H,21,23,24). The van der Waals surface area contributed by atoms with Gasteiger partial charge in [0, 0.05) is 5.56 Å². The van der Waals surface area contributed by atoms with Crippen LogP contribution in [-0.4, -0.2) is 20.5 Å². The number of nitrogens with zero attached hydrogens (tertiary/aromatic N) is 4. The van der Waals surface area contributed by atoms with E-state index in [2.05, 4.69) is 20.6 Å². The van der Waals surface area contributed by atoms with Crippen molar-refractivity contribution in [2.45, 2.75) is 12.7 Å². The Hall–Kier alpha value is -3.16. The Morgan fingerprint density at radius 3 is 2.32 bits per heavy atom. The average Bonchev–Trinajstić information content (AvgIpc) is 3.05. The van der Waals surface area contributed by atoms with Gasteiger partial charge in [-0.1, -0.05) is 42.5 Å². The highest BCUT2D eigenvalue weighted by Gasteiger charge is 2.30. The van der Waals surface area contributed by atoms with Crippen LogP contribution in [0.3, 0.4) is 0 Å². The van der Waals surface area contributed by atoms with Crippen molar-refractivity contribution in [3.63, 3.8) is 0 Å². The molecule has 3 aromatic rings. The van der Waals surface area contributed by atoms with Crippen molar-refractivity contribution in [3.8, 4) is 11.4 Å². The minimum atomic E-state index is -4.36. The summed E-state index contributed by atoms with van der Waals surface area (Å²) in [5.74, 6) is 0.801. The van der Waals surface area contributed by atoms with E-state index in [0.29, 0.717) is 23.9 Å². The minimum absolute atomic E-state index is 0.348. The van der Waals surface area contributed by atoms with Crippen molar-refractivity contribution in [1.82, 2.24) is 14.8 Å². The topological polar surface area (TPSA) is 55.1 Å². The molecule has 0 spiro atoms. The molecule has 0 bridgehead atoms. The van der Waals surface area contributed by atoms with Gasteiger partial charge in [0.1, 0.15) is 0 Å². The summed E-state index contributed by atoms with van der Waals surface area (Å²) < 4.78 is 39.6. The Morgan fingerprint density at radius 1 is 0.920 bits per heavy atom. The lowest BCUT2D eigenvalue weighted by molar-refractivity contribution is -0.137. The molecular weight excluding hydrogens is 331 g/mol. The average molecular weight is 343 g/mol. The van der Waals surface area contributed by atoms with Crippen LogP contribution in [0, 0.1) is 0 Å². The molecule has 8 heteroatoms. The van der Waals surface area contributed by atoms with E-state index in [9.17, 15) is 13.2 Å². The van der Waals surface area contributed by atoms with Crippen molar-refractivity contribution in [2.24, 2.45) is 5.10 Å². The molecule has 0 saturated heterocycles. The van der Waals surface area contributed by atoms with Gasteiger partial charge < -0.3 is 0 Å². The first kappa shape index (κ1) is 15.4. The number of benzene rings is 2. The van der Waals surface area contributed by atoms with Gasteiger partial charge in [-0.3, -0.25) is 0 Å². The van der Waals surface area contributed by atoms with Crippen LogP contribution in [0.15, 0.2) is 59.7 Å². The SMILES string of the molecule is FC(F)(F)c1ccc(-c2nc3n(n2)CC(c2ccccc2)=NN3)cc1. The van der Waals surface area contributed by atoms with Gasteiger partial charge in [0.05, 0.1) is 17.8 Å². The number of hydrogen-bond acceptors (Lipinski definition) is 4. The number of fused-ring (bicyclic) bond motifs is 1. The molecule has 126 valence electrons. The molecule has 0 atom stereocenters. The van der Waals surface area contributed by atoms with Crippen LogP contribution in [0.5, 0.6) is 0 Å². The van der Waals surface area contributed by atoms with E-state index in [4.69, 9.17) is 0 Å². The molecule has 0 saturated carbocycles. The largest absolute Gasteiger partial charge is 0.416 e. The molecule has 5 nitrogen and oxygen atoms in total. The summed E-state index contributed by atoms with van der Waals surface area (Å²) in [7, 11) is 0. The first-order chi connectivity index (χ1) is 12.0. The van der Waals surface area contributed by atoms with E-state index < -0.39 is 11.7 Å². The normalized spacial score (nSPS) is 13.8. The molecule has 0 radical (unpaired) electrons. The third-order valence-corrected chi connectivity index (χ3v) is 3.84. The Balaban J connectivity index is 1.59. The van der Waals surface area contributed by atoms with Gasteiger partial charge in [-0.15, -0.1) is 5.10 Å². The molecule has 2 aromatic carbocycles. The third-order valence-electron chi connectivity index (χ3n) is 3.84. The molecule has 0 fully saturated rings. The predicted molar refractivity (Wildman–Crippen MR) is 87.1 cm³/mol. The van der Waals surface area contributed by atoms with Crippen LogP contribution in [-0.2, 0) is 12.7 Å². The highest BCUT2D eigenvalue weighted by Crippen LogP contribution is 2.30. The summed E-state index contributed by atoms with van der Waals surface area (Å²) in [6.45, 7) is 0.431. The van der Waals surface area contributed by atoms with E-state index in [1.165, 1.54) is 12.1 Å². The van der Waals surface area contributed by atoms with Gasteiger partial charge in [-0.2, -0.15) is 23.3 Å². The maximum absolute atomic E-state index is 12.7. The van der Waals surface area contributed by atoms with E-state index in [-0.39, 0.29) is 0 Å². The highest BCUT2D eigenvalue weighted by molar-refractivity contribution is 6.01. The fourth-order valence-electron chi connectivity index (χ4n) is 2.55. The number of hydrogen-bond donors (Lipinski definition) is 1. The molecule has 0 unspecified atom stereocenters. The lowest BCUT2D eigenvalue weighted by atomic mass is 10.1. The Bertz CT molecular complexity index is 927. The van der Waals surface area contributed by atoms with Gasteiger partial charge in [-0.25, -0.2) is 10.1 Å². The number of aromatic nitrogens is 3. The summed E-state index contributed by atoms with van der Waals surface area (Å²) in [4.78, 5) is 4.29. The second-order valence-electron chi connectivity index (χ2n) is 5.53. The zero-order chi connectivity index (χ0) is 17.4. The summed E-state index contributed by atoms with van der Waals surface area (Å²) in [6, 6.07) is 14.4. The van der Waals surface area contributed by atoms with E-state index >= 15 is 0 Å². The second-order valence-corrected chi connectivity index (χ2v) is 5.53. The predicted octanol–water partition coefficient (Wildman–Crippen LogP) is 3.79. The van der Waals surface area contributed by atoms with Crippen molar-refractivity contribution in [1.29, 1.82) is 0 Å². The van der Waals surface area contributed by atoms with Gasteiger partial charge >= 0.3 is 6.18 Å². The summed E-state index contributed by atoms with van der Waals surface area (Å²) in [5, 5.41) is 8.66. The molecule has 4 rings (SSSR count). The van der Waals surface area contributed by atoms with Crippen LogP contribution < -0.4 is 5.43 Å². The van der Waals surface area contributed by atoms with Gasteiger partial charge in [0.25, 0.3) is 0 Å². The van der Waals surface area contributed by atoms with E-state index in [1.54, 1.807) is 4.68 Å². The first-order valence-corrected chi connectivity index (χ1v) is 7.51. The van der Waals surface area contributed by atoms with Crippen molar-refractivity contribution >= 4 is 11.7 Å². The van der Waals surface area contributed by atoms with Crippen LogP contribution in [0.1, 0.15) is 11.1 Å². The third kappa shape index (κ3) is 2.98. The zero-order valence-electron chi connectivity index (χ0n) is 12.8. The Kier molecular flexibility index (Phi) is 3.52. The summed E-state index contributed by atoms with van der Waals surface area (Å²) in [5.41, 5.74) is 4.41. The summed E-state index contributed by atoms with van der Waals surface area (Å²) >= 11 is 0. The smallest absolute Gasteiger partial charge is 0.245 e. The molecule has 1 aromatic heterocycles. The number of hydrazone groups is 1. The quantitative estimate of drug-likeness (QED) is 0.770. The molecule has 0 aliphatic carbocycles. The molecular formula is C17H12F3N5. The second kappa shape index (κ2) is 5.73. The van der Waals surface area contributed by atoms with Gasteiger partial charge in [0.2, 0.25) is 5.95 Å². The molecule has 1 aliphatic rings. The summed E-state index contributed by atoms with van der Waals surface area (Å²) in [6.07, 6.45) is -4.36. The maximum Gasteiger partial charge on any atom is 0.416 e. The van der Waals surface area contributed by atoms with E-state index in [1.807, 2.05) is 30.3 Å². The number of anilines is 1. The van der Waals surface area contributed by atoms with Crippen LogP contribution in [0.25, 0.3) is 11.4 Å².